The first-order valence-electron chi connectivity index (χ1n) is 7.18. The molecular weight excluding hydrogens is 244 g/mol. The number of carbonyl (C=O) groups is 2. The van der Waals surface area contributed by atoms with Crippen molar-refractivity contribution < 1.29 is 14.3 Å². The van der Waals surface area contributed by atoms with Gasteiger partial charge in [0, 0.05) is 6.04 Å². The van der Waals surface area contributed by atoms with Crippen LogP contribution in [0.15, 0.2) is 0 Å². The molecule has 0 bridgehead atoms. The normalized spacial score (nSPS) is 24.9. The molecule has 0 saturated heterocycles. The first kappa shape index (κ1) is 16.0. The number of amides is 1. The summed E-state index contributed by atoms with van der Waals surface area (Å²) in [4.78, 5) is 23.4. The van der Waals surface area contributed by atoms with E-state index in [-0.39, 0.29) is 29.8 Å². The van der Waals surface area contributed by atoms with E-state index >= 15 is 0 Å². The topological polar surface area (TPSA) is 81.4 Å². The second-order valence-electron chi connectivity index (χ2n) is 5.58. The number of hydrogen-bond donors (Lipinski definition) is 2. The van der Waals surface area contributed by atoms with Crippen LogP contribution in [0.1, 0.15) is 46.5 Å². The van der Waals surface area contributed by atoms with Gasteiger partial charge in [-0.1, -0.05) is 13.8 Å². The van der Waals surface area contributed by atoms with Crippen molar-refractivity contribution in [2.45, 2.75) is 58.5 Å². The molecule has 0 aromatic carbocycles. The number of rotatable bonds is 5. The van der Waals surface area contributed by atoms with Crippen LogP contribution < -0.4 is 11.1 Å². The van der Waals surface area contributed by atoms with E-state index in [0.717, 1.165) is 25.7 Å². The Kier molecular flexibility index (Phi) is 6.28. The molecule has 0 aromatic heterocycles. The second-order valence-corrected chi connectivity index (χ2v) is 5.58. The highest BCUT2D eigenvalue weighted by Gasteiger charge is 2.29. The van der Waals surface area contributed by atoms with Crippen LogP contribution >= 0.6 is 0 Å². The molecule has 1 aliphatic rings. The highest BCUT2D eigenvalue weighted by Crippen LogP contribution is 2.25. The molecule has 1 amide bonds. The fraction of sp³-hybridized carbons (Fsp3) is 0.857. The minimum atomic E-state index is -0.456. The minimum Gasteiger partial charge on any atom is -0.466 e. The lowest BCUT2D eigenvalue weighted by Crippen LogP contribution is -2.48. The number of ether oxygens (including phenoxy) is 1. The molecule has 0 aliphatic heterocycles. The van der Waals surface area contributed by atoms with Gasteiger partial charge in [-0.15, -0.1) is 0 Å². The Morgan fingerprint density at radius 3 is 2.32 bits per heavy atom. The van der Waals surface area contributed by atoms with Crippen molar-refractivity contribution in [3.8, 4) is 0 Å². The van der Waals surface area contributed by atoms with Crippen molar-refractivity contribution in [3.05, 3.63) is 0 Å². The van der Waals surface area contributed by atoms with Crippen LogP contribution in [0.3, 0.4) is 0 Å². The Bertz CT molecular complexity index is 310. The fourth-order valence-corrected chi connectivity index (χ4v) is 2.33. The molecule has 0 spiro atoms. The average Bonchev–Trinajstić information content (AvgIpc) is 2.38. The van der Waals surface area contributed by atoms with Crippen LogP contribution in [-0.2, 0) is 14.3 Å². The molecule has 0 radical (unpaired) electrons. The van der Waals surface area contributed by atoms with Gasteiger partial charge in [-0.05, 0) is 38.5 Å². The Hall–Kier alpha value is -1.10. The Morgan fingerprint density at radius 2 is 1.84 bits per heavy atom. The fourth-order valence-electron chi connectivity index (χ4n) is 2.33. The van der Waals surface area contributed by atoms with Crippen molar-refractivity contribution in [1.29, 1.82) is 0 Å². The third-order valence-electron chi connectivity index (χ3n) is 3.71. The maximum absolute atomic E-state index is 11.8. The Morgan fingerprint density at radius 1 is 1.26 bits per heavy atom. The molecule has 0 aromatic rings. The molecule has 1 fully saturated rings. The highest BCUT2D eigenvalue weighted by atomic mass is 16.5. The molecule has 0 heterocycles. The zero-order valence-electron chi connectivity index (χ0n) is 12.1. The van der Waals surface area contributed by atoms with Crippen LogP contribution in [-0.4, -0.2) is 30.6 Å². The van der Waals surface area contributed by atoms with Gasteiger partial charge in [-0.3, -0.25) is 9.59 Å². The lowest BCUT2D eigenvalue weighted by atomic mass is 9.86. The van der Waals surface area contributed by atoms with E-state index in [1.807, 2.05) is 20.8 Å². The average molecular weight is 270 g/mol. The summed E-state index contributed by atoms with van der Waals surface area (Å²) in [5.41, 5.74) is 5.81. The molecule has 19 heavy (non-hydrogen) atoms. The van der Waals surface area contributed by atoms with E-state index < -0.39 is 6.04 Å². The van der Waals surface area contributed by atoms with Gasteiger partial charge in [-0.2, -0.15) is 0 Å². The lowest BCUT2D eigenvalue weighted by Gasteiger charge is -2.29. The van der Waals surface area contributed by atoms with E-state index in [0.29, 0.717) is 6.61 Å². The Labute approximate surface area is 115 Å². The largest absolute Gasteiger partial charge is 0.466 e. The summed E-state index contributed by atoms with van der Waals surface area (Å²) in [5.74, 6) is -0.0662. The van der Waals surface area contributed by atoms with Gasteiger partial charge in [0.15, 0.2) is 0 Å². The van der Waals surface area contributed by atoms with E-state index in [1.165, 1.54) is 0 Å². The quantitative estimate of drug-likeness (QED) is 0.736. The van der Waals surface area contributed by atoms with Gasteiger partial charge in [0.2, 0.25) is 5.91 Å². The molecule has 5 heteroatoms. The second kappa shape index (κ2) is 7.48. The molecular formula is C14H26N2O3. The maximum Gasteiger partial charge on any atom is 0.308 e. The van der Waals surface area contributed by atoms with Crippen molar-refractivity contribution in [1.82, 2.24) is 5.32 Å². The number of esters is 1. The number of hydrogen-bond acceptors (Lipinski definition) is 4. The van der Waals surface area contributed by atoms with Crippen LogP contribution in [0.2, 0.25) is 0 Å². The maximum atomic E-state index is 11.8. The molecule has 1 atom stereocenters. The van der Waals surface area contributed by atoms with E-state index in [2.05, 4.69) is 5.32 Å². The molecule has 1 aliphatic carbocycles. The first-order chi connectivity index (χ1) is 8.95. The van der Waals surface area contributed by atoms with E-state index in [1.54, 1.807) is 0 Å². The predicted octanol–water partition coefficient (Wildman–Crippen LogP) is 1.21. The van der Waals surface area contributed by atoms with E-state index in [4.69, 9.17) is 10.5 Å². The summed E-state index contributed by atoms with van der Waals surface area (Å²) in [5, 5.41) is 2.98. The van der Waals surface area contributed by atoms with Crippen LogP contribution in [0.25, 0.3) is 0 Å². The molecule has 1 saturated carbocycles. The summed E-state index contributed by atoms with van der Waals surface area (Å²) >= 11 is 0. The third-order valence-corrected chi connectivity index (χ3v) is 3.71. The molecule has 1 rings (SSSR count). The van der Waals surface area contributed by atoms with Crippen LogP contribution in [0.4, 0.5) is 0 Å². The summed E-state index contributed by atoms with van der Waals surface area (Å²) < 4.78 is 5.02. The van der Waals surface area contributed by atoms with E-state index in [9.17, 15) is 9.59 Å². The van der Waals surface area contributed by atoms with Crippen LogP contribution in [0.5, 0.6) is 0 Å². The molecule has 1 unspecified atom stereocenters. The smallest absolute Gasteiger partial charge is 0.308 e. The van der Waals surface area contributed by atoms with Gasteiger partial charge in [0.25, 0.3) is 0 Å². The monoisotopic (exact) mass is 270 g/mol. The standard InChI is InChI=1S/C14H26N2O3/c1-4-19-14(18)10-5-7-11(8-6-10)16-13(17)12(15)9(2)3/h9-12H,4-8,15H2,1-3H3,(H,16,17). The van der Waals surface area contributed by atoms with Crippen molar-refractivity contribution in [2.24, 2.45) is 17.6 Å². The van der Waals surface area contributed by atoms with Crippen LogP contribution in [0, 0.1) is 11.8 Å². The SMILES string of the molecule is CCOC(=O)C1CCC(NC(=O)C(N)C(C)C)CC1. The molecule has 3 N–H and O–H groups in total. The lowest BCUT2D eigenvalue weighted by molar-refractivity contribution is -0.149. The van der Waals surface area contributed by atoms with Gasteiger partial charge in [-0.25, -0.2) is 0 Å². The summed E-state index contributed by atoms with van der Waals surface area (Å²) in [6.07, 6.45) is 3.20. The van der Waals surface area contributed by atoms with Crippen molar-refractivity contribution in [2.75, 3.05) is 6.61 Å². The van der Waals surface area contributed by atoms with Crippen molar-refractivity contribution in [3.63, 3.8) is 0 Å². The predicted molar refractivity (Wildman–Crippen MR) is 73.3 cm³/mol. The number of carbonyl (C=O) groups excluding carboxylic acids is 2. The van der Waals surface area contributed by atoms with Gasteiger partial charge in [0.05, 0.1) is 18.6 Å². The highest BCUT2D eigenvalue weighted by molar-refractivity contribution is 5.82. The molecule has 5 nitrogen and oxygen atoms in total. The summed E-state index contributed by atoms with van der Waals surface area (Å²) in [6, 6.07) is -0.314. The third kappa shape index (κ3) is 4.82. The van der Waals surface area contributed by atoms with Gasteiger partial charge in [0.1, 0.15) is 0 Å². The number of nitrogens with two attached hydrogens (primary N) is 1. The summed E-state index contributed by atoms with van der Waals surface area (Å²) in [6.45, 7) is 6.11. The number of nitrogens with one attached hydrogen (secondary N) is 1. The first-order valence-corrected chi connectivity index (χ1v) is 7.18. The summed E-state index contributed by atoms with van der Waals surface area (Å²) in [7, 11) is 0. The van der Waals surface area contributed by atoms with Crippen molar-refractivity contribution >= 4 is 11.9 Å². The van der Waals surface area contributed by atoms with Gasteiger partial charge < -0.3 is 15.8 Å². The zero-order valence-corrected chi connectivity index (χ0v) is 12.1. The zero-order chi connectivity index (χ0) is 14.4. The minimum absolute atomic E-state index is 0.00752. The molecule has 110 valence electrons. The Balaban J connectivity index is 2.34. The van der Waals surface area contributed by atoms with Gasteiger partial charge >= 0.3 is 5.97 Å².